The normalized spacial score (nSPS) is 15.6. The molecule has 216 valence electrons. The van der Waals surface area contributed by atoms with Gasteiger partial charge in [-0.25, -0.2) is 22.9 Å². The Kier molecular flexibility index (Phi) is 8.04. The number of ether oxygens (including phenoxy) is 1. The summed E-state index contributed by atoms with van der Waals surface area (Å²) in [5.41, 5.74) is 0.0554. The first-order chi connectivity index (χ1) is 18.5. The Hall–Kier alpha value is -3.40. The Bertz CT molecular complexity index is 1700. The number of halogens is 1. The molecule has 4 rings (SSSR count). The lowest BCUT2D eigenvalue weighted by molar-refractivity contribution is 0.0635. The van der Waals surface area contributed by atoms with Crippen LogP contribution in [0.4, 0.5) is 16.3 Å². The van der Waals surface area contributed by atoms with Crippen molar-refractivity contribution in [3.05, 3.63) is 52.8 Å². The van der Waals surface area contributed by atoms with E-state index in [-0.39, 0.29) is 41.9 Å². The Morgan fingerprint density at radius 2 is 1.93 bits per heavy atom. The number of nitrogens with zero attached hydrogens (tertiary/aromatic N) is 3. The van der Waals surface area contributed by atoms with Gasteiger partial charge >= 0.3 is 16.3 Å². The second-order valence-corrected chi connectivity index (χ2v) is 14.0. The summed E-state index contributed by atoms with van der Waals surface area (Å²) in [6.45, 7) is 5.42. The van der Waals surface area contributed by atoms with Gasteiger partial charge in [-0.1, -0.05) is 11.6 Å². The molecule has 0 radical (unpaired) electrons. The van der Waals surface area contributed by atoms with Crippen molar-refractivity contribution in [2.45, 2.75) is 39.3 Å². The fourth-order valence-corrected chi connectivity index (χ4v) is 6.22. The number of hydrogen-bond donors (Lipinski definition) is 3. The monoisotopic (exact) mass is 612 g/mol. The predicted octanol–water partition coefficient (Wildman–Crippen LogP) is 2.82. The molecule has 3 heterocycles. The molecule has 0 bridgehead atoms. The molecule has 0 aliphatic carbocycles. The molecule has 1 fully saturated rings. The highest BCUT2D eigenvalue weighted by Crippen LogP contribution is 2.38. The fraction of sp³-hybridized carbons (Fsp3) is 0.375. The van der Waals surface area contributed by atoms with Crippen LogP contribution in [0.25, 0.3) is 10.9 Å². The maximum atomic E-state index is 13.5. The molecule has 40 heavy (non-hydrogen) atoms. The lowest BCUT2D eigenvalue weighted by atomic mass is 10.2. The second-order valence-electron chi connectivity index (χ2n) is 10.1. The molecule has 1 aliphatic heterocycles. The fourth-order valence-electron chi connectivity index (χ4n) is 4.26. The Morgan fingerprint density at radius 1 is 1.20 bits per heavy atom. The predicted molar refractivity (Wildman–Crippen MR) is 151 cm³/mol. The SMILES string of the molecule is CC(C)(C)OC(=O)Nc1cc(Cn2c(C(=O)NS(C)(=O)=O)c(N3CCCNS3(=O)=O)c3cc(Cl)ccc32)ccn1. The van der Waals surface area contributed by atoms with Gasteiger partial charge in [0.05, 0.1) is 17.5 Å². The van der Waals surface area contributed by atoms with Gasteiger partial charge in [-0.05, 0) is 63.1 Å². The molecular formula is C24H29ClN6O7S2. The van der Waals surface area contributed by atoms with E-state index in [1.54, 1.807) is 45.0 Å². The van der Waals surface area contributed by atoms with Gasteiger partial charge in [0.25, 0.3) is 5.91 Å². The van der Waals surface area contributed by atoms with Crippen molar-refractivity contribution >= 4 is 66.2 Å². The zero-order valence-corrected chi connectivity index (χ0v) is 24.6. The van der Waals surface area contributed by atoms with Crippen LogP contribution in [0.15, 0.2) is 36.5 Å². The molecule has 3 N–H and O–H groups in total. The van der Waals surface area contributed by atoms with Crippen LogP contribution >= 0.6 is 11.6 Å². The summed E-state index contributed by atoms with van der Waals surface area (Å²) in [5.74, 6) is -0.844. The number of benzene rings is 1. The number of carbonyl (C=O) groups excluding carboxylic acids is 2. The molecule has 1 aliphatic rings. The Balaban J connectivity index is 1.88. The lowest BCUT2D eigenvalue weighted by Gasteiger charge is -2.29. The van der Waals surface area contributed by atoms with Crippen molar-refractivity contribution in [1.82, 2.24) is 19.0 Å². The first kappa shape index (κ1) is 29.6. The van der Waals surface area contributed by atoms with Gasteiger partial charge < -0.3 is 9.30 Å². The number of fused-ring (bicyclic) bond motifs is 1. The van der Waals surface area contributed by atoms with Gasteiger partial charge in [-0.2, -0.15) is 13.1 Å². The number of nitrogens with one attached hydrogen (secondary N) is 3. The van der Waals surface area contributed by atoms with Gasteiger partial charge in [0.1, 0.15) is 17.1 Å². The van der Waals surface area contributed by atoms with E-state index in [1.807, 2.05) is 4.72 Å². The second kappa shape index (κ2) is 10.9. The summed E-state index contributed by atoms with van der Waals surface area (Å²) in [4.78, 5) is 29.9. The van der Waals surface area contributed by atoms with Crippen LogP contribution in [-0.2, 0) is 31.5 Å². The minimum absolute atomic E-state index is 0.00740. The number of rotatable bonds is 6. The summed E-state index contributed by atoms with van der Waals surface area (Å²) < 4.78 is 62.4. The molecule has 2 aromatic heterocycles. The highest BCUT2D eigenvalue weighted by atomic mass is 35.5. The third-order valence-corrected chi connectivity index (χ3v) is 7.95. The van der Waals surface area contributed by atoms with Crippen LogP contribution in [0.2, 0.25) is 5.02 Å². The largest absolute Gasteiger partial charge is 0.444 e. The minimum atomic E-state index is -4.05. The number of carbonyl (C=O) groups is 2. The molecule has 0 spiro atoms. The van der Waals surface area contributed by atoms with Gasteiger partial charge in [0.15, 0.2) is 0 Å². The van der Waals surface area contributed by atoms with Crippen LogP contribution < -0.4 is 19.1 Å². The number of hydrogen-bond acceptors (Lipinski definition) is 8. The quantitative estimate of drug-likeness (QED) is 0.382. The number of amides is 2. The van der Waals surface area contributed by atoms with E-state index in [0.29, 0.717) is 22.9 Å². The summed E-state index contributed by atoms with van der Waals surface area (Å²) in [7, 11) is -8.06. The van der Waals surface area contributed by atoms with E-state index in [1.165, 1.54) is 16.8 Å². The topological polar surface area (TPSA) is 169 Å². The van der Waals surface area contributed by atoms with E-state index in [0.717, 1.165) is 10.6 Å². The van der Waals surface area contributed by atoms with Gasteiger partial charge in [-0.3, -0.25) is 14.4 Å². The molecule has 3 aromatic rings. The van der Waals surface area contributed by atoms with Crippen LogP contribution in [0.3, 0.4) is 0 Å². The average molecular weight is 613 g/mol. The molecule has 0 atom stereocenters. The molecular weight excluding hydrogens is 584 g/mol. The Labute approximate surface area is 237 Å². The molecule has 1 aromatic carbocycles. The van der Waals surface area contributed by atoms with E-state index in [2.05, 4.69) is 15.0 Å². The van der Waals surface area contributed by atoms with Crippen molar-refractivity contribution in [1.29, 1.82) is 0 Å². The smallest absolute Gasteiger partial charge is 0.413 e. The summed E-state index contributed by atoms with van der Waals surface area (Å²) in [6, 6.07) is 7.91. The molecule has 2 amide bonds. The summed E-state index contributed by atoms with van der Waals surface area (Å²) in [5, 5.41) is 3.17. The van der Waals surface area contributed by atoms with Crippen molar-refractivity contribution < 1.29 is 31.2 Å². The average Bonchev–Trinajstić information content (AvgIpc) is 3.09. The van der Waals surface area contributed by atoms with E-state index < -0.39 is 37.8 Å². The maximum absolute atomic E-state index is 13.5. The first-order valence-electron chi connectivity index (χ1n) is 12.1. The van der Waals surface area contributed by atoms with Crippen molar-refractivity contribution in [2.24, 2.45) is 0 Å². The first-order valence-corrected chi connectivity index (χ1v) is 15.8. The van der Waals surface area contributed by atoms with Gasteiger partial charge in [0, 0.05) is 36.2 Å². The highest BCUT2D eigenvalue weighted by Gasteiger charge is 2.35. The standard InChI is InChI=1S/C24H29ClN6O7S2/c1-24(2,3)38-23(33)28-19-12-15(8-10-26-19)14-30-18-7-6-16(25)13-17(18)20(21(30)22(32)29-39(4,34)35)31-11-5-9-27-40(31,36)37/h6-8,10,12-13,27H,5,9,11,14H2,1-4H3,(H,29,32)(H,26,28,33). The van der Waals surface area contributed by atoms with Crippen molar-refractivity contribution in [3.8, 4) is 0 Å². The maximum Gasteiger partial charge on any atom is 0.413 e. The summed E-state index contributed by atoms with van der Waals surface area (Å²) in [6.07, 6.45) is 2.01. The zero-order valence-electron chi connectivity index (χ0n) is 22.2. The van der Waals surface area contributed by atoms with Crippen molar-refractivity contribution in [3.63, 3.8) is 0 Å². The number of sulfonamides is 1. The molecule has 1 saturated heterocycles. The van der Waals surface area contributed by atoms with E-state index in [4.69, 9.17) is 16.3 Å². The van der Waals surface area contributed by atoms with Crippen LogP contribution in [0.5, 0.6) is 0 Å². The molecule has 16 heteroatoms. The van der Waals surface area contributed by atoms with Crippen LogP contribution in [0, 0.1) is 0 Å². The summed E-state index contributed by atoms with van der Waals surface area (Å²) >= 11 is 6.27. The number of anilines is 2. The third-order valence-electron chi connectivity index (χ3n) is 5.65. The zero-order chi connectivity index (χ0) is 29.5. The number of pyridine rings is 1. The van der Waals surface area contributed by atoms with Crippen LogP contribution in [0.1, 0.15) is 43.2 Å². The van der Waals surface area contributed by atoms with Crippen molar-refractivity contribution in [2.75, 3.05) is 29.0 Å². The minimum Gasteiger partial charge on any atom is -0.444 e. The van der Waals surface area contributed by atoms with E-state index in [9.17, 15) is 26.4 Å². The highest BCUT2D eigenvalue weighted by molar-refractivity contribution is 7.91. The Morgan fingerprint density at radius 3 is 2.58 bits per heavy atom. The molecule has 13 nitrogen and oxygen atoms in total. The van der Waals surface area contributed by atoms with Crippen LogP contribution in [-0.4, -0.2) is 63.3 Å². The van der Waals surface area contributed by atoms with E-state index >= 15 is 0 Å². The lowest BCUT2D eigenvalue weighted by Crippen LogP contribution is -2.47. The third kappa shape index (κ3) is 6.83. The molecule has 0 unspecified atom stereocenters. The number of aromatic nitrogens is 2. The van der Waals surface area contributed by atoms with Gasteiger partial charge in [0.2, 0.25) is 10.0 Å². The molecule has 0 saturated carbocycles. The van der Waals surface area contributed by atoms with Gasteiger partial charge in [-0.15, -0.1) is 0 Å².